The standard InChI is InChI=1S/C19H24N4O6/c1-4-19(5-2)16(26)23(18(28)22-19)11-13(24)29-14(12-9-7-6-8-10-12)15(25)21-17(27)20-3/h6-10,14H,4-5,11H2,1-3H3,(H,22,28)(H2,20,21,25,27). The van der Waals surface area contributed by atoms with Crippen molar-refractivity contribution in [2.45, 2.75) is 38.3 Å². The second-order valence-electron chi connectivity index (χ2n) is 6.46. The Morgan fingerprint density at radius 2 is 1.76 bits per heavy atom. The molecule has 1 atom stereocenters. The number of hydrogen-bond acceptors (Lipinski definition) is 6. The third-order valence-electron chi connectivity index (χ3n) is 4.79. The number of esters is 1. The fourth-order valence-electron chi connectivity index (χ4n) is 2.99. The van der Waals surface area contributed by atoms with Gasteiger partial charge >= 0.3 is 18.0 Å². The zero-order valence-electron chi connectivity index (χ0n) is 16.5. The summed E-state index contributed by atoms with van der Waals surface area (Å²) < 4.78 is 5.23. The van der Waals surface area contributed by atoms with E-state index in [1.807, 2.05) is 0 Å². The highest BCUT2D eigenvalue weighted by Crippen LogP contribution is 2.25. The van der Waals surface area contributed by atoms with E-state index < -0.39 is 48.0 Å². The lowest BCUT2D eigenvalue weighted by Crippen LogP contribution is -2.46. The molecule has 10 nitrogen and oxygen atoms in total. The van der Waals surface area contributed by atoms with Crippen LogP contribution in [0.15, 0.2) is 30.3 Å². The summed E-state index contributed by atoms with van der Waals surface area (Å²) in [5.74, 6) is -2.34. The number of benzene rings is 1. The van der Waals surface area contributed by atoms with Crippen LogP contribution in [0.3, 0.4) is 0 Å². The summed E-state index contributed by atoms with van der Waals surface area (Å²) in [4.78, 5) is 61.9. The van der Waals surface area contributed by atoms with Gasteiger partial charge in [-0.25, -0.2) is 9.59 Å². The Bertz CT molecular complexity index is 806. The van der Waals surface area contributed by atoms with Gasteiger partial charge < -0.3 is 15.4 Å². The van der Waals surface area contributed by atoms with Gasteiger partial charge in [0, 0.05) is 12.6 Å². The van der Waals surface area contributed by atoms with Crippen molar-refractivity contribution in [2.24, 2.45) is 0 Å². The minimum atomic E-state index is -1.43. The van der Waals surface area contributed by atoms with Crippen LogP contribution in [-0.2, 0) is 19.1 Å². The number of carbonyl (C=O) groups excluding carboxylic acids is 5. The van der Waals surface area contributed by atoms with Gasteiger partial charge in [-0.1, -0.05) is 44.2 Å². The maximum atomic E-state index is 12.6. The number of rotatable bonds is 7. The second kappa shape index (κ2) is 9.18. The predicted molar refractivity (Wildman–Crippen MR) is 101 cm³/mol. The molecule has 2 rings (SSSR count). The molecule has 1 aliphatic heterocycles. The number of nitrogens with zero attached hydrogens (tertiary/aromatic N) is 1. The Morgan fingerprint density at radius 1 is 1.14 bits per heavy atom. The van der Waals surface area contributed by atoms with Crippen molar-refractivity contribution in [3.8, 4) is 0 Å². The Labute approximate surface area is 168 Å². The van der Waals surface area contributed by atoms with Gasteiger partial charge in [0.25, 0.3) is 11.8 Å². The van der Waals surface area contributed by atoms with Crippen LogP contribution in [0.5, 0.6) is 0 Å². The largest absolute Gasteiger partial charge is 0.446 e. The molecule has 0 aromatic heterocycles. The highest BCUT2D eigenvalue weighted by molar-refractivity contribution is 6.08. The van der Waals surface area contributed by atoms with Crippen molar-refractivity contribution in [2.75, 3.05) is 13.6 Å². The lowest BCUT2D eigenvalue weighted by Gasteiger charge is -2.23. The molecule has 10 heteroatoms. The number of amides is 6. The van der Waals surface area contributed by atoms with Gasteiger partial charge in [-0.3, -0.25) is 24.6 Å². The topological polar surface area (TPSA) is 134 Å². The van der Waals surface area contributed by atoms with Gasteiger partial charge in [0.2, 0.25) is 6.10 Å². The second-order valence-corrected chi connectivity index (χ2v) is 6.46. The molecule has 0 radical (unpaired) electrons. The highest BCUT2D eigenvalue weighted by Gasteiger charge is 2.49. The number of urea groups is 2. The van der Waals surface area contributed by atoms with Crippen LogP contribution in [0.4, 0.5) is 9.59 Å². The zero-order valence-corrected chi connectivity index (χ0v) is 16.5. The maximum Gasteiger partial charge on any atom is 0.327 e. The Hall–Kier alpha value is -3.43. The maximum absolute atomic E-state index is 12.6. The molecule has 1 fully saturated rings. The molecule has 0 bridgehead atoms. The average Bonchev–Trinajstić information content (AvgIpc) is 2.97. The Kier molecular flexibility index (Phi) is 6.92. The molecule has 1 aliphatic rings. The van der Waals surface area contributed by atoms with E-state index in [1.165, 1.54) is 7.05 Å². The summed E-state index contributed by atoms with van der Waals surface area (Å²) in [6, 6.07) is 6.62. The van der Waals surface area contributed by atoms with Gasteiger partial charge in [0.05, 0.1) is 0 Å². The minimum absolute atomic E-state index is 0.330. The molecule has 1 aromatic carbocycles. The lowest BCUT2D eigenvalue weighted by molar-refractivity contribution is -0.158. The lowest BCUT2D eigenvalue weighted by atomic mass is 9.93. The Morgan fingerprint density at radius 3 is 2.28 bits per heavy atom. The van der Waals surface area contributed by atoms with E-state index in [9.17, 15) is 24.0 Å². The van der Waals surface area contributed by atoms with Crippen molar-refractivity contribution in [3.05, 3.63) is 35.9 Å². The number of nitrogens with one attached hydrogen (secondary N) is 3. The molecule has 1 saturated heterocycles. The zero-order chi connectivity index (χ0) is 21.6. The monoisotopic (exact) mass is 404 g/mol. The molecule has 1 unspecified atom stereocenters. The molecular weight excluding hydrogens is 380 g/mol. The third-order valence-corrected chi connectivity index (χ3v) is 4.79. The first-order valence-corrected chi connectivity index (χ1v) is 9.19. The van der Waals surface area contributed by atoms with E-state index in [0.29, 0.717) is 18.4 Å². The molecule has 6 amide bonds. The summed E-state index contributed by atoms with van der Waals surface area (Å²) in [7, 11) is 1.33. The number of carbonyl (C=O) groups is 5. The molecule has 29 heavy (non-hydrogen) atoms. The highest BCUT2D eigenvalue weighted by atomic mass is 16.5. The van der Waals surface area contributed by atoms with Crippen LogP contribution in [0.25, 0.3) is 0 Å². The molecule has 0 aliphatic carbocycles. The van der Waals surface area contributed by atoms with Crippen molar-refractivity contribution >= 4 is 29.8 Å². The number of imide groups is 2. The first kappa shape index (κ1) is 21.9. The molecule has 1 aromatic rings. The van der Waals surface area contributed by atoms with Crippen molar-refractivity contribution in [3.63, 3.8) is 0 Å². The van der Waals surface area contributed by atoms with E-state index in [0.717, 1.165) is 4.90 Å². The normalized spacial score (nSPS) is 16.0. The smallest absolute Gasteiger partial charge is 0.327 e. The van der Waals surface area contributed by atoms with Crippen LogP contribution in [-0.4, -0.2) is 53.9 Å². The summed E-state index contributed by atoms with van der Waals surface area (Å²) in [6.45, 7) is 2.87. The third kappa shape index (κ3) is 4.71. The molecule has 0 saturated carbocycles. The molecule has 1 heterocycles. The minimum Gasteiger partial charge on any atom is -0.446 e. The number of ether oxygens (including phenoxy) is 1. The average molecular weight is 404 g/mol. The summed E-state index contributed by atoms with van der Waals surface area (Å²) in [5.41, 5.74) is -0.719. The fourth-order valence-corrected chi connectivity index (χ4v) is 2.99. The fraction of sp³-hybridized carbons (Fsp3) is 0.421. The van der Waals surface area contributed by atoms with E-state index >= 15 is 0 Å². The first-order valence-electron chi connectivity index (χ1n) is 9.19. The van der Waals surface area contributed by atoms with Crippen molar-refractivity contribution < 1.29 is 28.7 Å². The predicted octanol–water partition coefficient (Wildman–Crippen LogP) is 0.837. The molecule has 0 spiro atoms. The van der Waals surface area contributed by atoms with Crippen LogP contribution >= 0.6 is 0 Å². The van der Waals surface area contributed by atoms with Gasteiger partial charge in [-0.05, 0) is 12.8 Å². The first-order chi connectivity index (χ1) is 13.8. The van der Waals surface area contributed by atoms with Gasteiger partial charge in [0.1, 0.15) is 12.1 Å². The van der Waals surface area contributed by atoms with E-state index in [-0.39, 0.29) is 0 Å². The van der Waals surface area contributed by atoms with Crippen LogP contribution in [0, 0.1) is 0 Å². The SMILES string of the molecule is CCC1(CC)NC(=O)N(CC(=O)OC(C(=O)NC(=O)NC)c2ccccc2)C1=O. The van der Waals surface area contributed by atoms with E-state index in [2.05, 4.69) is 16.0 Å². The van der Waals surface area contributed by atoms with Crippen molar-refractivity contribution in [1.29, 1.82) is 0 Å². The quantitative estimate of drug-likeness (QED) is 0.455. The van der Waals surface area contributed by atoms with Crippen molar-refractivity contribution in [1.82, 2.24) is 20.9 Å². The molecule has 156 valence electrons. The van der Waals surface area contributed by atoms with E-state index in [4.69, 9.17) is 4.74 Å². The van der Waals surface area contributed by atoms with Crippen LogP contribution in [0.1, 0.15) is 38.4 Å². The van der Waals surface area contributed by atoms with Crippen LogP contribution in [0.2, 0.25) is 0 Å². The van der Waals surface area contributed by atoms with Crippen LogP contribution < -0.4 is 16.0 Å². The van der Waals surface area contributed by atoms with Gasteiger partial charge in [-0.2, -0.15) is 0 Å². The molecular formula is C19H24N4O6. The van der Waals surface area contributed by atoms with Gasteiger partial charge in [0.15, 0.2) is 0 Å². The summed E-state index contributed by atoms with van der Waals surface area (Å²) >= 11 is 0. The molecule has 3 N–H and O–H groups in total. The summed E-state index contributed by atoms with van der Waals surface area (Å²) in [5, 5.41) is 6.89. The summed E-state index contributed by atoms with van der Waals surface area (Å²) in [6.07, 6.45) is -0.675. The Balaban J connectivity index is 2.16. The van der Waals surface area contributed by atoms with Gasteiger partial charge in [-0.15, -0.1) is 0 Å². The van der Waals surface area contributed by atoms with E-state index in [1.54, 1.807) is 44.2 Å². The number of hydrogen-bond donors (Lipinski definition) is 3.